The Bertz CT molecular complexity index is 1590. The molecule has 0 heterocycles. The Morgan fingerprint density at radius 2 is 1.75 bits per heavy atom. The van der Waals surface area contributed by atoms with Gasteiger partial charge in [0, 0.05) is 22.6 Å². The second-order valence-corrected chi connectivity index (χ2v) is 10.4. The molecule has 3 aliphatic carbocycles. The number of ketones is 2. The van der Waals surface area contributed by atoms with Crippen molar-refractivity contribution in [2.75, 3.05) is 21.2 Å². The zero-order chi connectivity index (χ0) is 29.1. The molecule has 5 rings (SSSR count). The predicted octanol–water partition coefficient (Wildman–Crippen LogP) is 1.37. The van der Waals surface area contributed by atoms with E-state index in [1.54, 1.807) is 51.5 Å². The Balaban J connectivity index is 1.66. The van der Waals surface area contributed by atoms with Crippen LogP contribution in [0.5, 0.6) is 11.5 Å². The van der Waals surface area contributed by atoms with Crippen LogP contribution in [0, 0.1) is 23.7 Å². The lowest BCUT2D eigenvalue weighted by atomic mass is 9.57. The summed E-state index contributed by atoms with van der Waals surface area (Å²) in [6, 6.07) is 8.94. The third-order valence-corrected chi connectivity index (χ3v) is 8.04. The van der Waals surface area contributed by atoms with Gasteiger partial charge in [-0.25, -0.2) is 0 Å². The van der Waals surface area contributed by atoms with Crippen LogP contribution >= 0.6 is 0 Å². The number of methoxy groups -OCH3 is 1. The van der Waals surface area contributed by atoms with Gasteiger partial charge in [0.25, 0.3) is 5.91 Å². The number of rotatable bonds is 3. The number of primary amides is 1. The number of aliphatic hydroxyl groups excluding tert-OH is 2. The summed E-state index contributed by atoms with van der Waals surface area (Å²) in [5.74, 6) is -0.106. The van der Waals surface area contributed by atoms with Gasteiger partial charge in [-0.3, -0.25) is 19.3 Å². The smallest absolute Gasteiger partial charge is 0.255 e. The van der Waals surface area contributed by atoms with E-state index in [4.69, 9.17) is 10.5 Å². The number of amides is 1. The number of fused-ring (bicyclic) bond motifs is 3. The number of hydrogen-bond acceptors (Lipinski definition) is 9. The molecule has 0 saturated heterocycles. The number of aromatic hydroxyl groups is 1. The molecular formula is C30H28N2O8. The van der Waals surface area contributed by atoms with Gasteiger partial charge in [-0.05, 0) is 74.8 Å². The summed E-state index contributed by atoms with van der Waals surface area (Å²) in [5.41, 5.74) is 3.35. The molecule has 10 heteroatoms. The van der Waals surface area contributed by atoms with Crippen LogP contribution in [-0.4, -0.2) is 75.6 Å². The zero-order valence-electron chi connectivity index (χ0n) is 22.1. The number of carbonyl (C=O) groups excluding carboxylic acids is 3. The number of aliphatic hydroxyl groups is 3. The van der Waals surface area contributed by atoms with Gasteiger partial charge in [0.2, 0.25) is 5.78 Å². The lowest BCUT2D eigenvalue weighted by molar-refractivity contribution is -0.153. The highest BCUT2D eigenvalue weighted by Gasteiger charge is 2.64. The van der Waals surface area contributed by atoms with Crippen LogP contribution < -0.4 is 10.5 Å². The average Bonchev–Trinajstić information content (AvgIpc) is 2.90. The number of benzene rings is 2. The fraction of sp³-hybridized carbons (Fsp3) is 0.300. The molecule has 0 spiro atoms. The molecule has 2 aromatic carbocycles. The van der Waals surface area contributed by atoms with E-state index in [0.717, 1.165) is 0 Å². The van der Waals surface area contributed by atoms with Gasteiger partial charge in [-0.2, -0.15) is 0 Å². The molecule has 1 amide bonds. The van der Waals surface area contributed by atoms with Crippen LogP contribution in [0.1, 0.15) is 28.7 Å². The van der Waals surface area contributed by atoms with Gasteiger partial charge in [0.15, 0.2) is 11.4 Å². The minimum atomic E-state index is -2.67. The zero-order valence-corrected chi connectivity index (χ0v) is 22.1. The number of phenols is 1. The number of carbonyl (C=O) groups is 3. The maximum absolute atomic E-state index is 13.9. The van der Waals surface area contributed by atoms with Gasteiger partial charge < -0.3 is 30.9 Å². The Labute approximate surface area is 230 Å². The SMILES string of the molecule is COc1ccc(C#Cc2ccc(O)c3c2C[C@@H]2C[C@@H]4[C@@H](N(C)C)C(=O)C(C(N)=O)=C(O)[C@]4(O)C(=O)C2=C3O)cc1. The van der Waals surface area contributed by atoms with Crippen molar-refractivity contribution in [1.82, 2.24) is 4.90 Å². The summed E-state index contributed by atoms with van der Waals surface area (Å²) in [7, 11) is 4.67. The van der Waals surface area contributed by atoms with E-state index in [2.05, 4.69) is 11.8 Å². The third-order valence-electron chi connectivity index (χ3n) is 8.04. The molecule has 206 valence electrons. The Hall–Kier alpha value is -4.59. The normalized spacial score (nSPS) is 25.6. The van der Waals surface area contributed by atoms with Crippen LogP contribution in [0.15, 0.2) is 53.3 Å². The molecule has 0 unspecified atom stereocenters. The van der Waals surface area contributed by atoms with E-state index in [1.807, 2.05) is 0 Å². The van der Waals surface area contributed by atoms with Gasteiger partial charge >= 0.3 is 0 Å². The molecule has 1 fully saturated rings. The summed E-state index contributed by atoms with van der Waals surface area (Å²) in [5, 5.41) is 44.6. The first kappa shape index (κ1) is 27.0. The first-order valence-electron chi connectivity index (χ1n) is 12.6. The number of likely N-dealkylation sites (N-methyl/N-ethyl adjacent to an activating group) is 1. The predicted molar refractivity (Wildman–Crippen MR) is 143 cm³/mol. The van der Waals surface area contributed by atoms with E-state index >= 15 is 0 Å². The second-order valence-electron chi connectivity index (χ2n) is 10.4. The Kier molecular flexibility index (Phi) is 6.45. The molecule has 0 aromatic heterocycles. The molecule has 0 aliphatic heterocycles. The number of Topliss-reactive ketones (excluding diaryl/α,β-unsaturated/α-hetero) is 2. The van der Waals surface area contributed by atoms with E-state index in [-0.39, 0.29) is 29.7 Å². The van der Waals surface area contributed by atoms with Gasteiger partial charge in [0.05, 0.1) is 18.7 Å². The maximum atomic E-state index is 13.9. The molecule has 10 nitrogen and oxygen atoms in total. The van der Waals surface area contributed by atoms with Crippen molar-refractivity contribution in [3.8, 4) is 23.3 Å². The lowest BCUT2D eigenvalue weighted by Crippen LogP contribution is -2.65. The molecule has 6 N–H and O–H groups in total. The monoisotopic (exact) mass is 544 g/mol. The minimum Gasteiger partial charge on any atom is -0.508 e. The molecular weight excluding hydrogens is 516 g/mol. The molecule has 4 atom stereocenters. The third kappa shape index (κ3) is 3.86. The van der Waals surface area contributed by atoms with Gasteiger partial charge in [-0.1, -0.05) is 11.8 Å². The van der Waals surface area contributed by atoms with Gasteiger partial charge in [-0.15, -0.1) is 0 Å². The fourth-order valence-electron chi connectivity index (χ4n) is 6.17. The number of hydrogen-bond donors (Lipinski definition) is 5. The van der Waals surface area contributed by atoms with Crippen LogP contribution in [0.25, 0.3) is 5.76 Å². The molecule has 0 bridgehead atoms. The fourth-order valence-corrected chi connectivity index (χ4v) is 6.17. The summed E-state index contributed by atoms with van der Waals surface area (Å²) < 4.78 is 5.17. The Morgan fingerprint density at radius 1 is 1.07 bits per heavy atom. The summed E-state index contributed by atoms with van der Waals surface area (Å²) >= 11 is 0. The number of phenolic OH excluding ortho intramolecular Hbond substituents is 1. The second kappa shape index (κ2) is 9.55. The van der Waals surface area contributed by atoms with Crippen LogP contribution in [-0.2, 0) is 20.8 Å². The topological polar surface area (TPSA) is 171 Å². The highest BCUT2D eigenvalue weighted by molar-refractivity contribution is 6.24. The summed E-state index contributed by atoms with van der Waals surface area (Å²) in [4.78, 5) is 40.6. The average molecular weight is 545 g/mol. The van der Waals surface area contributed by atoms with Crippen molar-refractivity contribution in [1.29, 1.82) is 0 Å². The van der Waals surface area contributed by atoms with E-state index in [9.17, 15) is 34.8 Å². The van der Waals surface area contributed by atoms with Crippen molar-refractivity contribution < 1.29 is 39.5 Å². The van der Waals surface area contributed by atoms with Crippen LogP contribution in [0.3, 0.4) is 0 Å². The quantitative estimate of drug-likeness (QED) is 0.283. The van der Waals surface area contributed by atoms with Crippen molar-refractivity contribution >= 4 is 23.2 Å². The van der Waals surface area contributed by atoms with Crippen molar-refractivity contribution in [3.05, 3.63) is 75.6 Å². The maximum Gasteiger partial charge on any atom is 0.255 e. The number of nitrogens with two attached hydrogens (primary N) is 1. The van der Waals surface area contributed by atoms with Crippen LogP contribution in [0.2, 0.25) is 0 Å². The largest absolute Gasteiger partial charge is 0.508 e. The van der Waals surface area contributed by atoms with Crippen molar-refractivity contribution in [2.24, 2.45) is 17.6 Å². The summed E-state index contributed by atoms with van der Waals surface area (Å²) in [6.45, 7) is 0. The van der Waals surface area contributed by atoms with E-state index < -0.39 is 58.0 Å². The molecule has 1 saturated carbocycles. The van der Waals surface area contributed by atoms with Gasteiger partial charge in [0.1, 0.15) is 28.6 Å². The molecule has 0 radical (unpaired) electrons. The minimum absolute atomic E-state index is 0.00202. The first-order chi connectivity index (χ1) is 18.9. The highest BCUT2D eigenvalue weighted by atomic mass is 16.5. The molecule has 40 heavy (non-hydrogen) atoms. The lowest BCUT2D eigenvalue weighted by Gasteiger charge is -2.50. The number of nitrogens with zero attached hydrogens (tertiary/aromatic N) is 1. The van der Waals surface area contributed by atoms with E-state index in [1.165, 1.54) is 11.0 Å². The van der Waals surface area contributed by atoms with Crippen molar-refractivity contribution in [3.63, 3.8) is 0 Å². The standard InChI is InChI=1S/C30H28N2O8/c1-32(2)24-19-13-16-12-18-15(7-4-14-5-9-17(40-3)10-6-14)8-11-20(33)22(18)25(34)21(16)27(36)30(19,39)28(37)23(26(24)35)29(31)38/h5-6,8-11,16,19,24,33-34,37,39H,12-13H2,1-3H3,(H2,31,38)/t16-,19-,24-,30-/m1/s1. The summed E-state index contributed by atoms with van der Waals surface area (Å²) in [6.07, 6.45) is 0.169. The first-order valence-corrected chi connectivity index (χ1v) is 12.6. The van der Waals surface area contributed by atoms with Crippen LogP contribution in [0.4, 0.5) is 0 Å². The van der Waals surface area contributed by atoms with E-state index in [0.29, 0.717) is 22.4 Å². The molecule has 3 aliphatic rings. The highest BCUT2D eigenvalue weighted by Crippen LogP contribution is 2.52. The Morgan fingerprint density at radius 3 is 2.35 bits per heavy atom. The molecule has 2 aromatic rings. The van der Waals surface area contributed by atoms with Crippen molar-refractivity contribution in [2.45, 2.75) is 24.5 Å². The number of ether oxygens (including phenoxy) is 1.